The summed E-state index contributed by atoms with van der Waals surface area (Å²) in [6, 6.07) is 7.67. The van der Waals surface area contributed by atoms with E-state index in [0.717, 1.165) is 0 Å². The first-order valence-corrected chi connectivity index (χ1v) is 17.7. The number of methoxy groups -OCH3 is 4. The number of rotatable bonds is 9. The van der Waals surface area contributed by atoms with E-state index in [1.807, 2.05) is 6.92 Å². The Balaban J connectivity index is 1.41. The Morgan fingerprint density at radius 2 is 1.78 bits per heavy atom. The molecule has 2 aromatic rings. The van der Waals surface area contributed by atoms with Gasteiger partial charge in [-0.3, -0.25) is 9.69 Å². The first-order chi connectivity index (χ1) is 24.4. The number of hydrogen-bond acceptors (Lipinski definition) is 14. The summed E-state index contributed by atoms with van der Waals surface area (Å²) in [7, 11) is 6.07. The summed E-state index contributed by atoms with van der Waals surface area (Å²) >= 11 is 0. The summed E-state index contributed by atoms with van der Waals surface area (Å²) in [5.74, 6) is -4.51. The third-order valence-electron chi connectivity index (χ3n) is 14.0. The van der Waals surface area contributed by atoms with Crippen LogP contribution in [0.25, 0.3) is 11.0 Å². The average Bonchev–Trinajstić information content (AvgIpc) is 3.48. The molecular weight excluding hydrogens is 666 g/mol. The van der Waals surface area contributed by atoms with E-state index in [9.17, 15) is 29.7 Å². The van der Waals surface area contributed by atoms with Crippen LogP contribution in [0, 0.1) is 34.5 Å². The molecule has 8 rings (SSSR count). The van der Waals surface area contributed by atoms with Crippen molar-refractivity contribution in [2.24, 2.45) is 34.5 Å². The molecule has 1 aromatic heterocycles. The summed E-state index contributed by atoms with van der Waals surface area (Å²) in [5, 5.41) is 38.1. The fraction of sp³-hybridized carbons (Fsp3) is 0.703. The molecule has 1 saturated heterocycles. The highest BCUT2D eigenvalue weighted by Gasteiger charge is 2.92. The zero-order valence-corrected chi connectivity index (χ0v) is 29.6. The number of likely N-dealkylation sites (tertiary alicyclic amines) is 1. The topological polar surface area (TPSA) is 184 Å². The number of piperidine rings is 1. The van der Waals surface area contributed by atoms with Gasteiger partial charge in [-0.1, -0.05) is 25.1 Å². The third-order valence-corrected chi connectivity index (χ3v) is 14.0. The van der Waals surface area contributed by atoms with Gasteiger partial charge in [0.1, 0.15) is 35.1 Å². The van der Waals surface area contributed by atoms with Crippen LogP contribution in [0.1, 0.15) is 37.0 Å². The lowest BCUT2D eigenvalue weighted by Gasteiger charge is -2.70. The highest BCUT2D eigenvalue weighted by atomic mass is 16.6. The molecule has 3 N–H and O–H groups in total. The maximum Gasteiger partial charge on any atom is 0.351 e. The maximum absolute atomic E-state index is 14.3. The minimum Gasteiger partial charge on any atom is -0.456 e. The van der Waals surface area contributed by atoms with Crippen LogP contribution in [0.2, 0.25) is 0 Å². The van der Waals surface area contributed by atoms with Gasteiger partial charge in [0.15, 0.2) is 5.60 Å². The smallest absolute Gasteiger partial charge is 0.351 e. The fourth-order valence-corrected chi connectivity index (χ4v) is 12.9. The number of para-hydroxylation sites is 1. The zero-order valence-electron chi connectivity index (χ0n) is 29.6. The van der Waals surface area contributed by atoms with E-state index in [4.69, 9.17) is 32.8 Å². The van der Waals surface area contributed by atoms with E-state index in [1.165, 1.54) is 20.1 Å². The summed E-state index contributed by atoms with van der Waals surface area (Å²) in [4.78, 5) is 43.0. The van der Waals surface area contributed by atoms with Crippen LogP contribution in [-0.2, 0) is 33.2 Å². The van der Waals surface area contributed by atoms with Crippen molar-refractivity contribution in [3.63, 3.8) is 0 Å². The number of hydrogen-bond donors (Lipinski definition) is 3. The van der Waals surface area contributed by atoms with Gasteiger partial charge in [-0.15, -0.1) is 0 Å². The minimum absolute atomic E-state index is 0.0682. The molecule has 5 saturated carbocycles. The maximum atomic E-state index is 14.3. The molecule has 1 aromatic carbocycles. The Bertz CT molecular complexity index is 1800. The molecule has 1 aliphatic heterocycles. The van der Waals surface area contributed by atoms with Crippen molar-refractivity contribution in [1.82, 2.24) is 4.90 Å². The lowest BCUT2D eigenvalue weighted by Crippen LogP contribution is -2.80. The van der Waals surface area contributed by atoms with Crippen molar-refractivity contribution in [3.05, 3.63) is 46.3 Å². The lowest BCUT2D eigenvalue weighted by atomic mass is 9.42. The second-order valence-electron chi connectivity index (χ2n) is 15.5. The van der Waals surface area contributed by atoms with Crippen molar-refractivity contribution in [1.29, 1.82) is 0 Å². The molecule has 15 atom stereocenters. The Labute approximate surface area is 294 Å². The predicted octanol–water partition coefficient (Wildman–Crippen LogP) is 0.755. The average molecular weight is 714 g/mol. The van der Waals surface area contributed by atoms with Crippen molar-refractivity contribution in [3.8, 4) is 0 Å². The minimum atomic E-state index is -1.99. The summed E-state index contributed by atoms with van der Waals surface area (Å²) < 4.78 is 43.0. The molecule has 278 valence electrons. The van der Waals surface area contributed by atoms with E-state index in [-0.39, 0.29) is 25.0 Å². The lowest BCUT2D eigenvalue weighted by molar-refractivity contribution is -0.308. The largest absolute Gasteiger partial charge is 0.456 e. The van der Waals surface area contributed by atoms with E-state index in [2.05, 4.69) is 4.90 Å². The number of aliphatic hydroxyl groups excluding tert-OH is 2. The van der Waals surface area contributed by atoms with Crippen molar-refractivity contribution in [2.45, 2.75) is 80.6 Å². The van der Waals surface area contributed by atoms with Gasteiger partial charge in [0.2, 0.25) is 0 Å². The van der Waals surface area contributed by atoms with Gasteiger partial charge >= 0.3 is 17.6 Å². The van der Waals surface area contributed by atoms with Gasteiger partial charge in [-0.25, -0.2) is 9.59 Å². The molecule has 5 aliphatic carbocycles. The highest BCUT2D eigenvalue weighted by molar-refractivity contribution is 5.93. The highest BCUT2D eigenvalue weighted by Crippen LogP contribution is 2.80. The summed E-state index contributed by atoms with van der Waals surface area (Å²) in [6.07, 6.45) is -6.50. The number of aliphatic hydroxyl groups is 3. The molecule has 51 heavy (non-hydrogen) atoms. The summed E-state index contributed by atoms with van der Waals surface area (Å²) in [5.41, 5.74) is -6.59. The molecule has 6 fully saturated rings. The van der Waals surface area contributed by atoms with Crippen molar-refractivity contribution >= 4 is 22.9 Å². The Kier molecular flexibility index (Phi) is 8.10. The summed E-state index contributed by atoms with van der Waals surface area (Å²) in [6.45, 7) is 4.35. The molecule has 8 unspecified atom stereocenters. The predicted molar refractivity (Wildman–Crippen MR) is 177 cm³/mol. The molecule has 0 amide bonds. The Morgan fingerprint density at radius 1 is 1.04 bits per heavy atom. The third kappa shape index (κ3) is 4.08. The Hall–Kier alpha value is -2.95. The van der Waals surface area contributed by atoms with Crippen LogP contribution in [-0.4, -0.2) is 134 Å². The Morgan fingerprint density at radius 3 is 2.43 bits per heavy atom. The second-order valence-corrected chi connectivity index (χ2v) is 15.5. The molecular formula is C37H47NO13. The van der Waals surface area contributed by atoms with Gasteiger partial charge in [-0.2, -0.15) is 0 Å². The zero-order chi connectivity index (χ0) is 36.4. The van der Waals surface area contributed by atoms with Gasteiger partial charge in [0.05, 0.1) is 24.9 Å². The second kappa shape index (κ2) is 11.8. The normalized spacial score (nSPS) is 46.3. The van der Waals surface area contributed by atoms with Crippen LogP contribution in [0.3, 0.4) is 0 Å². The molecule has 1 spiro atoms. The van der Waals surface area contributed by atoms with Gasteiger partial charge in [-0.05, 0) is 25.1 Å². The van der Waals surface area contributed by atoms with E-state index in [0.29, 0.717) is 24.1 Å². The van der Waals surface area contributed by atoms with Crippen LogP contribution in [0.4, 0.5) is 0 Å². The van der Waals surface area contributed by atoms with E-state index >= 15 is 0 Å². The number of ether oxygens (including phenoxy) is 6. The number of benzene rings is 1. The van der Waals surface area contributed by atoms with Gasteiger partial charge in [0, 0.05) is 94.3 Å². The molecule has 14 nitrogen and oxygen atoms in total. The van der Waals surface area contributed by atoms with Gasteiger partial charge < -0.3 is 48.2 Å². The molecule has 7 bridgehead atoms. The van der Waals surface area contributed by atoms with Crippen LogP contribution < -0.4 is 5.63 Å². The molecule has 2 heterocycles. The van der Waals surface area contributed by atoms with Crippen LogP contribution in [0.15, 0.2) is 39.5 Å². The fourth-order valence-electron chi connectivity index (χ4n) is 12.9. The van der Waals surface area contributed by atoms with Crippen molar-refractivity contribution in [2.75, 3.05) is 48.1 Å². The molecule has 0 radical (unpaired) electrons. The molecule has 6 aliphatic rings. The monoisotopic (exact) mass is 713 g/mol. The number of carbonyl (C=O) groups is 2. The van der Waals surface area contributed by atoms with E-state index < -0.39 is 106 Å². The SMILES string of the molecule is CCN1CC2(COC)C3[C@H](OC)C4C1C3(C1C3C[C@](O)([C@@H]1OC(=O)c1cc5ccccc5oc1=O)[C@@H](OC)C(O)[C@@]34OC(C)=O)[C@@H](OC)C[C@H]2O. The number of fused-ring (bicyclic) bond motifs is 3. The van der Waals surface area contributed by atoms with Crippen molar-refractivity contribution < 1.29 is 57.7 Å². The van der Waals surface area contributed by atoms with Crippen LogP contribution >= 0.6 is 0 Å². The standard InChI is InChI=1S/C37H47NO13/c1-7-38-15-34(16-45-3)22(40)13-23(46-4)36-24-20-14-35(44,30(24)50-33(43)19-12-18-10-8-9-11-21(18)49-32(19)42)31(48-6)29(41)37(20,51-17(2)39)25(28(36)38)26(47-5)27(34)36/h8-12,20,22-31,40-41,44H,7,13-16H2,1-6H3/t20?,22-,23+,24?,25?,26-,27?,28?,29?,30-,31+,34?,35+,36?,37-/m1/s1. The number of nitrogens with zero attached hydrogens (tertiary/aromatic N) is 1. The van der Waals surface area contributed by atoms with E-state index in [1.54, 1.807) is 45.6 Å². The quantitative estimate of drug-likeness (QED) is 0.245. The van der Waals surface area contributed by atoms with Gasteiger partial charge in [0.25, 0.3) is 0 Å². The first kappa shape index (κ1) is 35.1. The number of carbonyl (C=O) groups excluding carboxylic acids is 2. The first-order valence-electron chi connectivity index (χ1n) is 17.7. The molecule has 14 heteroatoms. The van der Waals surface area contributed by atoms with Crippen LogP contribution in [0.5, 0.6) is 0 Å². The number of esters is 2.